The summed E-state index contributed by atoms with van der Waals surface area (Å²) in [6.45, 7) is 2.34. The minimum absolute atomic E-state index is 0.0165. The van der Waals surface area contributed by atoms with Gasteiger partial charge in [0.15, 0.2) is 5.78 Å². The standard InChI is InChI=1S/C14H17ClO4/c1-10-9-11(19-8-2-7-15)3-4-12(10)13(16)5-6-14(17)18/h3-4,9H,2,5-8H2,1H3,(H,17,18). The van der Waals surface area contributed by atoms with E-state index in [9.17, 15) is 9.59 Å². The first-order valence-electron chi connectivity index (χ1n) is 6.09. The Kier molecular flexibility index (Phi) is 6.36. The van der Waals surface area contributed by atoms with Crippen LogP contribution in [0.15, 0.2) is 18.2 Å². The first kappa shape index (κ1) is 15.5. The van der Waals surface area contributed by atoms with Crippen LogP contribution < -0.4 is 4.74 Å². The molecule has 1 N–H and O–H groups in total. The number of ether oxygens (including phenoxy) is 1. The van der Waals surface area contributed by atoms with Crippen molar-refractivity contribution >= 4 is 23.4 Å². The lowest BCUT2D eigenvalue weighted by molar-refractivity contribution is -0.136. The van der Waals surface area contributed by atoms with Gasteiger partial charge in [-0.25, -0.2) is 0 Å². The van der Waals surface area contributed by atoms with Crippen LogP contribution in [0.4, 0.5) is 0 Å². The Balaban J connectivity index is 2.65. The molecule has 5 heteroatoms. The SMILES string of the molecule is Cc1cc(OCCCCl)ccc1C(=O)CCC(=O)O. The fourth-order valence-corrected chi connectivity index (χ4v) is 1.75. The summed E-state index contributed by atoms with van der Waals surface area (Å²) >= 11 is 5.55. The number of rotatable bonds is 8. The van der Waals surface area contributed by atoms with E-state index in [1.54, 1.807) is 18.2 Å². The van der Waals surface area contributed by atoms with Gasteiger partial charge in [-0.15, -0.1) is 11.6 Å². The Hall–Kier alpha value is -1.55. The highest BCUT2D eigenvalue weighted by Gasteiger charge is 2.11. The van der Waals surface area contributed by atoms with Crippen LogP contribution in [0, 0.1) is 6.92 Å². The van der Waals surface area contributed by atoms with Crippen molar-refractivity contribution in [3.63, 3.8) is 0 Å². The number of halogens is 1. The summed E-state index contributed by atoms with van der Waals surface area (Å²) in [4.78, 5) is 22.3. The fourth-order valence-electron chi connectivity index (χ4n) is 1.64. The van der Waals surface area contributed by atoms with Crippen molar-refractivity contribution < 1.29 is 19.4 Å². The highest BCUT2D eigenvalue weighted by molar-refractivity contribution is 6.17. The van der Waals surface area contributed by atoms with Crippen molar-refractivity contribution in [1.29, 1.82) is 0 Å². The molecule has 0 saturated heterocycles. The Bertz CT molecular complexity index is 457. The maximum atomic E-state index is 11.8. The van der Waals surface area contributed by atoms with E-state index in [2.05, 4.69) is 0 Å². The van der Waals surface area contributed by atoms with Gasteiger partial charge in [-0.2, -0.15) is 0 Å². The van der Waals surface area contributed by atoms with Gasteiger partial charge in [0, 0.05) is 17.9 Å². The molecule has 0 atom stereocenters. The third kappa shape index (κ3) is 5.30. The number of benzene rings is 1. The fraction of sp³-hybridized carbons (Fsp3) is 0.429. The third-order valence-corrected chi connectivity index (χ3v) is 2.88. The lowest BCUT2D eigenvalue weighted by atomic mass is 10.0. The molecule has 0 aromatic heterocycles. The van der Waals surface area contributed by atoms with Crippen LogP contribution in [0.5, 0.6) is 5.75 Å². The first-order chi connectivity index (χ1) is 9.04. The highest BCUT2D eigenvalue weighted by atomic mass is 35.5. The second-order valence-electron chi connectivity index (χ2n) is 4.18. The number of carbonyl (C=O) groups excluding carboxylic acids is 1. The topological polar surface area (TPSA) is 63.6 Å². The number of alkyl halides is 1. The van der Waals surface area contributed by atoms with E-state index in [1.807, 2.05) is 6.92 Å². The van der Waals surface area contributed by atoms with Gasteiger partial charge in [0.25, 0.3) is 0 Å². The number of hydrogen-bond acceptors (Lipinski definition) is 3. The van der Waals surface area contributed by atoms with Crippen molar-refractivity contribution in [2.24, 2.45) is 0 Å². The number of carboxylic acids is 1. The molecule has 0 unspecified atom stereocenters. The number of aryl methyl sites for hydroxylation is 1. The van der Waals surface area contributed by atoms with Gasteiger partial charge >= 0.3 is 5.97 Å². The predicted octanol–water partition coefficient (Wildman–Crippen LogP) is 3.05. The zero-order chi connectivity index (χ0) is 14.3. The molecule has 0 saturated carbocycles. The lowest BCUT2D eigenvalue weighted by Crippen LogP contribution is -2.06. The van der Waals surface area contributed by atoms with Crippen LogP contribution in [0.1, 0.15) is 35.2 Å². The van der Waals surface area contributed by atoms with Crippen LogP contribution in [-0.4, -0.2) is 29.3 Å². The predicted molar refractivity (Wildman–Crippen MR) is 73.2 cm³/mol. The molecule has 19 heavy (non-hydrogen) atoms. The maximum Gasteiger partial charge on any atom is 0.303 e. The molecule has 1 aromatic rings. The van der Waals surface area contributed by atoms with Crippen LogP contribution >= 0.6 is 11.6 Å². The smallest absolute Gasteiger partial charge is 0.303 e. The van der Waals surface area contributed by atoms with E-state index >= 15 is 0 Å². The normalized spacial score (nSPS) is 10.2. The quantitative estimate of drug-likeness (QED) is 0.453. The Morgan fingerprint density at radius 1 is 1.32 bits per heavy atom. The zero-order valence-corrected chi connectivity index (χ0v) is 11.6. The molecule has 0 radical (unpaired) electrons. The molecule has 1 aromatic carbocycles. The molecule has 4 nitrogen and oxygen atoms in total. The second kappa shape index (κ2) is 7.79. The lowest BCUT2D eigenvalue weighted by Gasteiger charge is -2.09. The van der Waals surface area contributed by atoms with E-state index in [0.29, 0.717) is 23.8 Å². The minimum Gasteiger partial charge on any atom is -0.494 e. The van der Waals surface area contributed by atoms with Crippen molar-refractivity contribution in [1.82, 2.24) is 0 Å². The van der Waals surface area contributed by atoms with Crippen molar-refractivity contribution in [2.75, 3.05) is 12.5 Å². The minimum atomic E-state index is -0.966. The molecular weight excluding hydrogens is 268 g/mol. The molecule has 104 valence electrons. The van der Waals surface area contributed by atoms with Crippen LogP contribution in [0.2, 0.25) is 0 Å². The van der Waals surface area contributed by atoms with Crippen LogP contribution in [0.25, 0.3) is 0 Å². The van der Waals surface area contributed by atoms with E-state index in [1.165, 1.54) is 0 Å². The Morgan fingerprint density at radius 3 is 2.63 bits per heavy atom. The molecular formula is C14H17ClO4. The van der Waals surface area contributed by atoms with Crippen molar-refractivity contribution in [2.45, 2.75) is 26.2 Å². The van der Waals surface area contributed by atoms with Gasteiger partial charge in [0.2, 0.25) is 0 Å². The van der Waals surface area contributed by atoms with E-state index < -0.39 is 5.97 Å². The maximum absolute atomic E-state index is 11.8. The highest BCUT2D eigenvalue weighted by Crippen LogP contribution is 2.19. The monoisotopic (exact) mass is 284 g/mol. The van der Waals surface area contributed by atoms with Crippen molar-refractivity contribution in [3.8, 4) is 5.75 Å². The average molecular weight is 285 g/mol. The largest absolute Gasteiger partial charge is 0.494 e. The summed E-state index contributed by atoms with van der Waals surface area (Å²) in [7, 11) is 0. The number of carboxylic acid groups (broad SMARTS) is 1. The molecule has 0 aliphatic heterocycles. The Labute approximate surface area is 117 Å². The van der Waals surface area contributed by atoms with E-state index in [0.717, 1.165) is 12.0 Å². The summed E-state index contributed by atoms with van der Waals surface area (Å²) in [6.07, 6.45) is 0.634. The van der Waals surface area contributed by atoms with Gasteiger partial charge in [-0.3, -0.25) is 9.59 Å². The molecule has 0 bridgehead atoms. The summed E-state index contributed by atoms with van der Waals surface area (Å²) < 4.78 is 5.47. The number of ketones is 1. The van der Waals surface area contributed by atoms with Gasteiger partial charge in [-0.1, -0.05) is 0 Å². The van der Waals surface area contributed by atoms with Gasteiger partial charge in [0.1, 0.15) is 5.75 Å². The molecule has 0 amide bonds. The van der Waals surface area contributed by atoms with Gasteiger partial charge < -0.3 is 9.84 Å². The molecule has 0 aliphatic rings. The van der Waals surface area contributed by atoms with Crippen molar-refractivity contribution in [3.05, 3.63) is 29.3 Å². The summed E-state index contributed by atoms with van der Waals surface area (Å²) in [5.74, 6) is 0.113. The number of hydrogen-bond donors (Lipinski definition) is 1. The Morgan fingerprint density at radius 2 is 2.05 bits per heavy atom. The molecule has 0 heterocycles. The number of aliphatic carboxylic acids is 1. The van der Waals surface area contributed by atoms with Gasteiger partial charge in [0.05, 0.1) is 13.0 Å². The number of Topliss-reactive ketones (excluding diaryl/α,β-unsaturated/α-hetero) is 1. The summed E-state index contributed by atoms with van der Waals surface area (Å²) in [6, 6.07) is 5.17. The molecule has 1 rings (SSSR count). The molecule has 0 aliphatic carbocycles. The zero-order valence-electron chi connectivity index (χ0n) is 10.8. The van der Waals surface area contributed by atoms with E-state index in [4.69, 9.17) is 21.4 Å². The van der Waals surface area contributed by atoms with Crippen LogP contribution in [-0.2, 0) is 4.79 Å². The number of carbonyl (C=O) groups is 2. The van der Waals surface area contributed by atoms with Gasteiger partial charge in [-0.05, 0) is 37.1 Å². The second-order valence-corrected chi connectivity index (χ2v) is 4.56. The summed E-state index contributed by atoms with van der Waals surface area (Å²) in [5, 5.41) is 8.56. The average Bonchev–Trinajstić information content (AvgIpc) is 2.36. The van der Waals surface area contributed by atoms with E-state index in [-0.39, 0.29) is 18.6 Å². The summed E-state index contributed by atoms with van der Waals surface area (Å²) in [5.41, 5.74) is 1.34. The van der Waals surface area contributed by atoms with Crippen LogP contribution in [0.3, 0.4) is 0 Å². The first-order valence-corrected chi connectivity index (χ1v) is 6.62. The third-order valence-electron chi connectivity index (χ3n) is 2.61. The molecule has 0 fully saturated rings. The molecule has 0 spiro atoms.